The van der Waals surface area contributed by atoms with E-state index in [1.807, 2.05) is 12.1 Å². The maximum absolute atomic E-state index is 4.62. The fourth-order valence-corrected chi connectivity index (χ4v) is 3.78. The minimum atomic E-state index is 0.915. The van der Waals surface area contributed by atoms with Gasteiger partial charge in [-0.3, -0.25) is 0 Å². The molecule has 1 heterocycles. The summed E-state index contributed by atoms with van der Waals surface area (Å²) in [6, 6.07) is 20.9. The van der Waals surface area contributed by atoms with Gasteiger partial charge in [-0.1, -0.05) is 57.6 Å². The first kappa shape index (κ1) is 12.8. The molecule has 0 radical (unpaired) electrons. The van der Waals surface area contributed by atoms with Crippen molar-refractivity contribution in [3.05, 3.63) is 65.1 Å². The van der Waals surface area contributed by atoms with Crippen LogP contribution in [0.3, 0.4) is 0 Å². The molecule has 4 heteroatoms. The highest BCUT2D eigenvalue weighted by Gasteiger charge is 2.05. The molecule has 0 aliphatic rings. The van der Waals surface area contributed by atoms with Gasteiger partial charge in [-0.2, -0.15) is 0 Å². The van der Waals surface area contributed by atoms with Crippen LogP contribution in [0.2, 0.25) is 0 Å². The Hall–Kier alpha value is -1.91. The molecule has 21 heavy (non-hydrogen) atoms. The first-order valence-corrected chi connectivity index (χ1v) is 8.21. The first-order valence-electron chi connectivity index (χ1n) is 6.60. The molecule has 3 aromatic carbocycles. The Morgan fingerprint density at radius 1 is 0.905 bits per heavy atom. The van der Waals surface area contributed by atoms with Crippen molar-refractivity contribution in [2.75, 3.05) is 5.32 Å². The van der Waals surface area contributed by atoms with Crippen LogP contribution >= 0.6 is 27.3 Å². The Balaban J connectivity index is 1.71. The van der Waals surface area contributed by atoms with Gasteiger partial charge in [0.15, 0.2) is 5.13 Å². The second-order valence-electron chi connectivity index (χ2n) is 4.82. The molecular weight excluding hydrogens is 344 g/mol. The normalized spacial score (nSPS) is 11.1. The van der Waals surface area contributed by atoms with Gasteiger partial charge in [0.2, 0.25) is 0 Å². The van der Waals surface area contributed by atoms with Crippen molar-refractivity contribution in [2.24, 2.45) is 0 Å². The highest BCUT2D eigenvalue weighted by Crippen LogP contribution is 2.31. The Morgan fingerprint density at radius 2 is 1.76 bits per heavy atom. The molecule has 0 bridgehead atoms. The summed E-state index contributed by atoms with van der Waals surface area (Å²) in [5.41, 5.74) is 2.08. The van der Waals surface area contributed by atoms with Crippen molar-refractivity contribution >= 4 is 59.1 Å². The van der Waals surface area contributed by atoms with E-state index >= 15 is 0 Å². The van der Waals surface area contributed by atoms with E-state index in [2.05, 4.69) is 74.8 Å². The fourth-order valence-electron chi connectivity index (χ4n) is 2.34. The monoisotopic (exact) mass is 354 g/mol. The van der Waals surface area contributed by atoms with Crippen molar-refractivity contribution in [1.82, 2.24) is 4.98 Å². The SMILES string of the molecule is Brc1ccc2nc(Nc3ccc4ccccc4c3)sc2c1. The molecule has 4 rings (SSSR count). The summed E-state index contributed by atoms with van der Waals surface area (Å²) in [6.45, 7) is 0. The van der Waals surface area contributed by atoms with E-state index in [0.717, 1.165) is 20.8 Å². The van der Waals surface area contributed by atoms with Gasteiger partial charge in [0.1, 0.15) is 0 Å². The summed E-state index contributed by atoms with van der Waals surface area (Å²) in [6.07, 6.45) is 0. The molecule has 102 valence electrons. The molecule has 0 fully saturated rings. The second-order valence-corrected chi connectivity index (χ2v) is 6.76. The van der Waals surface area contributed by atoms with Crippen molar-refractivity contribution in [1.29, 1.82) is 0 Å². The smallest absolute Gasteiger partial charge is 0.188 e. The third-order valence-corrected chi connectivity index (χ3v) is 4.78. The molecule has 0 amide bonds. The number of nitrogens with zero attached hydrogens (tertiary/aromatic N) is 1. The Kier molecular flexibility index (Phi) is 3.13. The summed E-state index contributed by atoms with van der Waals surface area (Å²) >= 11 is 5.15. The topological polar surface area (TPSA) is 24.9 Å². The van der Waals surface area contributed by atoms with E-state index in [9.17, 15) is 0 Å². The number of halogens is 1. The lowest BCUT2D eigenvalue weighted by molar-refractivity contribution is 1.45. The number of fused-ring (bicyclic) bond motifs is 2. The Morgan fingerprint density at radius 3 is 2.67 bits per heavy atom. The third kappa shape index (κ3) is 2.52. The van der Waals surface area contributed by atoms with E-state index in [-0.39, 0.29) is 0 Å². The highest BCUT2D eigenvalue weighted by atomic mass is 79.9. The van der Waals surface area contributed by atoms with Gasteiger partial charge in [0, 0.05) is 10.2 Å². The van der Waals surface area contributed by atoms with Gasteiger partial charge in [-0.05, 0) is 41.1 Å². The molecule has 0 saturated heterocycles. The number of hydrogen-bond donors (Lipinski definition) is 1. The average molecular weight is 355 g/mol. The molecule has 1 aromatic heterocycles. The maximum Gasteiger partial charge on any atom is 0.188 e. The fraction of sp³-hybridized carbons (Fsp3) is 0. The average Bonchev–Trinajstić information content (AvgIpc) is 2.88. The Labute approximate surface area is 134 Å². The molecule has 0 atom stereocenters. The predicted molar refractivity (Wildman–Crippen MR) is 94.6 cm³/mol. The number of benzene rings is 3. The van der Waals surface area contributed by atoms with Crippen LogP contribution in [0, 0.1) is 0 Å². The van der Waals surface area contributed by atoms with Gasteiger partial charge >= 0.3 is 0 Å². The van der Waals surface area contributed by atoms with Crippen LogP contribution in [0.25, 0.3) is 21.0 Å². The zero-order chi connectivity index (χ0) is 14.2. The number of rotatable bonds is 2. The van der Waals surface area contributed by atoms with Crippen LogP contribution in [0.15, 0.2) is 65.1 Å². The molecular formula is C17H11BrN2S. The summed E-state index contributed by atoms with van der Waals surface area (Å²) in [4.78, 5) is 4.62. The zero-order valence-electron chi connectivity index (χ0n) is 11.0. The number of aromatic nitrogens is 1. The van der Waals surface area contributed by atoms with Gasteiger partial charge in [-0.25, -0.2) is 4.98 Å². The number of thiazole rings is 1. The van der Waals surface area contributed by atoms with Crippen LogP contribution in [-0.4, -0.2) is 4.98 Å². The van der Waals surface area contributed by atoms with Gasteiger partial charge in [0.25, 0.3) is 0 Å². The van der Waals surface area contributed by atoms with Crippen molar-refractivity contribution in [2.45, 2.75) is 0 Å². The maximum atomic E-state index is 4.62. The highest BCUT2D eigenvalue weighted by molar-refractivity contribution is 9.10. The predicted octanol–water partition coefficient (Wildman–Crippen LogP) is 5.96. The summed E-state index contributed by atoms with van der Waals surface area (Å²) in [5.74, 6) is 0. The number of nitrogens with one attached hydrogen (secondary N) is 1. The Bertz CT molecular complexity index is 946. The number of hydrogen-bond acceptors (Lipinski definition) is 3. The molecule has 2 nitrogen and oxygen atoms in total. The van der Waals surface area contributed by atoms with Gasteiger partial charge < -0.3 is 5.32 Å². The summed E-state index contributed by atoms with van der Waals surface area (Å²) < 4.78 is 2.25. The number of anilines is 2. The quantitative estimate of drug-likeness (QED) is 0.480. The molecule has 0 spiro atoms. The van der Waals surface area contributed by atoms with Crippen LogP contribution in [-0.2, 0) is 0 Å². The van der Waals surface area contributed by atoms with E-state index in [4.69, 9.17) is 0 Å². The standard InChI is InChI=1S/C17H11BrN2S/c18-13-6-8-15-16(10-13)21-17(20-15)19-14-7-5-11-3-1-2-4-12(11)9-14/h1-10H,(H,19,20). The van der Waals surface area contributed by atoms with E-state index < -0.39 is 0 Å². The molecule has 4 aromatic rings. The summed E-state index contributed by atoms with van der Waals surface area (Å²) in [7, 11) is 0. The summed E-state index contributed by atoms with van der Waals surface area (Å²) in [5, 5.41) is 6.79. The molecule has 0 aliphatic heterocycles. The molecule has 0 saturated carbocycles. The van der Waals surface area contributed by atoms with Crippen LogP contribution in [0.5, 0.6) is 0 Å². The minimum absolute atomic E-state index is 0.915. The van der Waals surface area contributed by atoms with E-state index in [1.165, 1.54) is 15.5 Å². The van der Waals surface area contributed by atoms with Crippen molar-refractivity contribution < 1.29 is 0 Å². The molecule has 0 aliphatic carbocycles. The molecule has 1 N–H and O–H groups in total. The third-order valence-electron chi connectivity index (χ3n) is 3.35. The van der Waals surface area contributed by atoms with Crippen molar-refractivity contribution in [3.63, 3.8) is 0 Å². The van der Waals surface area contributed by atoms with Crippen LogP contribution in [0.4, 0.5) is 10.8 Å². The van der Waals surface area contributed by atoms with E-state index in [0.29, 0.717) is 0 Å². The largest absolute Gasteiger partial charge is 0.332 e. The van der Waals surface area contributed by atoms with E-state index in [1.54, 1.807) is 11.3 Å². The molecule has 0 unspecified atom stereocenters. The lowest BCUT2D eigenvalue weighted by atomic mass is 10.1. The van der Waals surface area contributed by atoms with Crippen LogP contribution < -0.4 is 5.32 Å². The lowest BCUT2D eigenvalue weighted by Gasteiger charge is -2.04. The zero-order valence-corrected chi connectivity index (χ0v) is 13.4. The van der Waals surface area contributed by atoms with Crippen LogP contribution in [0.1, 0.15) is 0 Å². The van der Waals surface area contributed by atoms with Crippen molar-refractivity contribution in [3.8, 4) is 0 Å². The first-order chi connectivity index (χ1) is 10.3. The second kappa shape index (κ2) is 5.13. The van der Waals surface area contributed by atoms with Gasteiger partial charge in [-0.15, -0.1) is 0 Å². The lowest BCUT2D eigenvalue weighted by Crippen LogP contribution is -1.88. The van der Waals surface area contributed by atoms with Gasteiger partial charge in [0.05, 0.1) is 10.2 Å². The minimum Gasteiger partial charge on any atom is -0.332 e.